The number of rotatable bonds is 3. The van der Waals surface area contributed by atoms with Gasteiger partial charge in [0.2, 0.25) is 0 Å². The third-order valence-corrected chi connectivity index (χ3v) is 3.50. The highest BCUT2D eigenvalue weighted by molar-refractivity contribution is 6.13. The molecule has 3 aromatic rings. The van der Waals surface area contributed by atoms with Crippen molar-refractivity contribution in [2.45, 2.75) is 6.92 Å². The molecule has 0 saturated carbocycles. The second-order valence-corrected chi connectivity index (χ2v) is 5.25. The van der Waals surface area contributed by atoms with Crippen molar-refractivity contribution in [1.82, 2.24) is 4.57 Å². The summed E-state index contributed by atoms with van der Waals surface area (Å²) in [6.07, 6.45) is 1.76. The Morgan fingerprint density at radius 3 is 2.52 bits per heavy atom. The normalized spacial score (nSPS) is 10.5. The van der Waals surface area contributed by atoms with E-state index in [9.17, 15) is 9.59 Å². The number of esters is 1. The van der Waals surface area contributed by atoms with Gasteiger partial charge in [0.05, 0.1) is 11.1 Å². The minimum atomic E-state index is -0.374. The average molecular weight is 308 g/mol. The van der Waals surface area contributed by atoms with Crippen LogP contribution >= 0.6 is 0 Å². The number of carbonyl (C=O) groups excluding carboxylic acids is 2. The van der Waals surface area contributed by atoms with Crippen molar-refractivity contribution >= 4 is 28.5 Å². The largest absolute Gasteiger partial charge is 0.427 e. The SMILES string of the molecule is CC(=O)Oc1ccc2c(C(=O)Nc3ccccc3)cn(C)c2c1. The predicted octanol–water partition coefficient (Wildman–Crippen LogP) is 3.36. The average Bonchev–Trinajstić information content (AvgIpc) is 2.85. The van der Waals surface area contributed by atoms with Crippen LogP contribution in [0.5, 0.6) is 5.75 Å². The highest BCUT2D eigenvalue weighted by Gasteiger charge is 2.15. The lowest BCUT2D eigenvalue weighted by atomic mass is 10.1. The molecule has 5 nitrogen and oxygen atoms in total. The topological polar surface area (TPSA) is 60.3 Å². The number of anilines is 1. The molecule has 1 amide bonds. The number of ether oxygens (including phenoxy) is 1. The minimum absolute atomic E-state index is 0.179. The molecule has 116 valence electrons. The number of nitrogens with one attached hydrogen (secondary N) is 1. The smallest absolute Gasteiger partial charge is 0.308 e. The lowest BCUT2D eigenvalue weighted by Gasteiger charge is -2.04. The molecule has 1 heterocycles. The van der Waals surface area contributed by atoms with Crippen LogP contribution in [-0.4, -0.2) is 16.4 Å². The Kier molecular flexibility index (Phi) is 3.85. The number of aryl methyl sites for hydroxylation is 1. The molecule has 0 atom stereocenters. The van der Waals surface area contributed by atoms with Gasteiger partial charge in [-0.3, -0.25) is 9.59 Å². The minimum Gasteiger partial charge on any atom is -0.427 e. The molecule has 5 heteroatoms. The van der Waals surface area contributed by atoms with Crippen molar-refractivity contribution in [3.63, 3.8) is 0 Å². The summed E-state index contributed by atoms with van der Waals surface area (Å²) >= 11 is 0. The Morgan fingerprint density at radius 2 is 1.83 bits per heavy atom. The first-order chi connectivity index (χ1) is 11.0. The molecule has 1 N–H and O–H groups in total. The van der Waals surface area contributed by atoms with Crippen LogP contribution in [0.3, 0.4) is 0 Å². The summed E-state index contributed by atoms with van der Waals surface area (Å²) in [4.78, 5) is 23.6. The number of aromatic nitrogens is 1. The molecule has 0 aliphatic carbocycles. The Hall–Kier alpha value is -3.08. The standard InChI is InChI=1S/C18H16N2O3/c1-12(21)23-14-8-9-15-16(11-20(2)17(15)10-14)18(22)19-13-6-4-3-5-7-13/h3-11H,1-2H3,(H,19,22). The molecule has 1 aromatic heterocycles. The summed E-state index contributed by atoms with van der Waals surface area (Å²) in [5.41, 5.74) is 2.13. The number of amides is 1. The summed E-state index contributed by atoms with van der Waals surface area (Å²) < 4.78 is 6.93. The molecule has 0 aliphatic heterocycles. The quantitative estimate of drug-likeness (QED) is 0.596. The molecule has 0 aliphatic rings. The van der Waals surface area contributed by atoms with Gasteiger partial charge in [0.15, 0.2) is 0 Å². The Morgan fingerprint density at radius 1 is 1.09 bits per heavy atom. The van der Waals surface area contributed by atoms with Gasteiger partial charge in [-0.15, -0.1) is 0 Å². The fourth-order valence-electron chi connectivity index (χ4n) is 2.49. The van der Waals surface area contributed by atoms with Crippen molar-refractivity contribution in [1.29, 1.82) is 0 Å². The maximum absolute atomic E-state index is 12.5. The van der Waals surface area contributed by atoms with Gasteiger partial charge in [0, 0.05) is 37.3 Å². The van der Waals surface area contributed by atoms with Crippen LogP contribution in [0.4, 0.5) is 5.69 Å². The van der Waals surface area contributed by atoms with Gasteiger partial charge < -0.3 is 14.6 Å². The lowest BCUT2D eigenvalue weighted by molar-refractivity contribution is -0.131. The van der Waals surface area contributed by atoms with Crippen LogP contribution in [0.15, 0.2) is 54.7 Å². The van der Waals surface area contributed by atoms with E-state index >= 15 is 0 Å². The van der Waals surface area contributed by atoms with Gasteiger partial charge in [0.25, 0.3) is 5.91 Å². The fourth-order valence-corrected chi connectivity index (χ4v) is 2.49. The Labute approximate surface area is 133 Å². The van der Waals surface area contributed by atoms with Crippen LogP contribution in [0.25, 0.3) is 10.9 Å². The molecule has 2 aromatic carbocycles. The third kappa shape index (κ3) is 3.08. The predicted molar refractivity (Wildman–Crippen MR) is 88.6 cm³/mol. The lowest BCUT2D eigenvalue weighted by Crippen LogP contribution is -2.11. The zero-order valence-electron chi connectivity index (χ0n) is 12.9. The monoisotopic (exact) mass is 308 g/mol. The molecular formula is C18H16N2O3. The van der Waals surface area contributed by atoms with Crippen LogP contribution in [0, 0.1) is 0 Å². The van der Waals surface area contributed by atoms with Gasteiger partial charge >= 0.3 is 5.97 Å². The first-order valence-corrected chi connectivity index (χ1v) is 7.18. The number of nitrogens with zero attached hydrogens (tertiary/aromatic N) is 1. The molecular weight excluding hydrogens is 292 g/mol. The van der Waals surface area contributed by atoms with E-state index in [1.54, 1.807) is 24.4 Å². The summed E-state index contributed by atoms with van der Waals surface area (Å²) in [6, 6.07) is 14.5. The molecule has 23 heavy (non-hydrogen) atoms. The van der Waals surface area contributed by atoms with E-state index in [2.05, 4.69) is 5.32 Å². The molecule has 3 rings (SSSR count). The number of carbonyl (C=O) groups is 2. The third-order valence-electron chi connectivity index (χ3n) is 3.50. The van der Waals surface area contributed by atoms with Crippen LogP contribution < -0.4 is 10.1 Å². The molecule has 0 fully saturated rings. The second-order valence-electron chi connectivity index (χ2n) is 5.25. The first-order valence-electron chi connectivity index (χ1n) is 7.18. The van der Waals surface area contributed by atoms with E-state index < -0.39 is 0 Å². The number of benzene rings is 2. The zero-order chi connectivity index (χ0) is 16.4. The van der Waals surface area contributed by atoms with E-state index in [4.69, 9.17) is 4.74 Å². The van der Waals surface area contributed by atoms with E-state index in [-0.39, 0.29) is 11.9 Å². The number of hydrogen-bond acceptors (Lipinski definition) is 3. The van der Waals surface area contributed by atoms with Gasteiger partial charge in [-0.25, -0.2) is 0 Å². The van der Waals surface area contributed by atoms with Crippen molar-refractivity contribution in [3.05, 3.63) is 60.3 Å². The van der Waals surface area contributed by atoms with Crippen molar-refractivity contribution in [2.24, 2.45) is 7.05 Å². The molecule has 0 radical (unpaired) electrons. The van der Waals surface area contributed by atoms with Crippen LogP contribution in [0.2, 0.25) is 0 Å². The summed E-state index contributed by atoms with van der Waals surface area (Å²) in [5.74, 6) is -0.0937. The van der Waals surface area contributed by atoms with Gasteiger partial charge in [-0.05, 0) is 24.3 Å². The van der Waals surface area contributed by atoms with Gasteiger partial charge in [0.1, 0.15) is 5.75 Å². The number of para-hydroxylation sites is 1. The highest BCUT2D eigenvalue weighted by Crippen LogP contribution is 2.26. The van der Waals surface area contributed by atoms with E-state index in [0.29, 0.717) is 11.3 Å². The molecule has 0 unspecified atom stereocenters. The molecule has 0 spiro atoms. The van der Waals surface area contributed by atoms with Gasteiger partial charge in [-0.1, -0.05) is 18.2 Å². The van der Waals surface area contributed by atoms with Gasteiger partial charge in [-0.2, -0.15) is 0 Å². The van der Waals surface area contributed by atoms with Crippen molar-refractivity contribution in [3.8, 4) is 5.75 Å². The highest BCUT2D eigenvalue weighted by atomic mass is 16.5. The second kappa shape index (κ2) is 5.96. The Balaban J connectivity index is 1.95. The van der Waals surface area contributed by atoms with Crippen LogP contribution in [0.1, 0.15) is 17.3 Å². The maximum atomic E-state index is 12.5. The molecule has 0 bridgehead atoms. The Bertz CT molecular complexity index is 882. The van der Waals surface area contributed by atoms with E-state index in [1.807, 2.05) is 41.9 Å². The number of hydrogen-bond donors (Lipinski definition) is 1. The van der Waals surface area contributed by atoms with E-state index in [1.165, 1.54) is 6.92 Å². The van der Waals surface area contributed by atoms with Crippen molar-refractivity contribution < 1.29 is 14.3 Å². The molecule has 0 saturated heterocycles. The fraction of sp³-hybridized carbons (Fsp3) is 0.111. The first kappa shape index (κ1) is 14.8. The maximum Gasteiger partial charge on any atom is 0.308 e. The van der Waals surface area contributed by atoms with Crippen molar-refractivity contribution in [2.75, 3.05) is 5.32 Å². The van der Waals surface area contributed by atoms with Crippen LogP contribution in [-0.2, 0) is 11.8 Å². The summed E-state index contributed by atoms with van der Waals surface area (Å²) in [7, 11) is 1.85. The number of fused-ring (bicyclic) bond motifs is 1. The summed E-state index contributed by atoms with van der Waals surface area (Å²) in [5, 5.41) is 3.68. The van der Waals surface area contributed by atoms with E-state index in [0.717, 1.165) is 16.6 Å². The zero-order valence-corrected chi connectivity index (χ0v) is 12.9. The summed E-state index contributed by atoms with van der Waals surface area (Å²) in [6.45, 7) is 1.36.